The van der Waals surface area contributed by atoms with E-state index in [2.05, 4.69) is 10.3 Å². The fourth-order valence-corrected chi connectivity index (χ4v) is 2.58. The number of hydrogen-bond acceptors (Lipinski definition) is 4. The first-order valence-corrected chi connectivity index (χ1v) is 6.54. The van der Waals surface area contributed by atoms with Crippen molar-refractivity contribution in [2.45, 2.75) is 25.7 Å². The largest absolute Gasteiger partial charge is 0.358 e. The van der Waals surface area contributed by atoms with E-state index >= 15 is 0 Å². The summed E-state index contributed by atoms with van der Waals surface area (Å²) in [4.78, 5) is 13.1. The van der Waals surface area contributed by atoms with Crippen molar-refractivity contribution >= 4 is 34.2 Å². The summed E-state index contributed by atoms with van der Waals surface area (Å²) >= 11 is 6.66. The quantitative estimate of drug-likeness (QED) is 0.328. The van der Waals surface area contributed by atoms with E-state index in [0.29, 0.717) is 5.75 Å². The lowest BCUT2D eigenvalue weighted by atomic mass is 10.2. The molecule has 0 radical (unpaired) electrons. The number of likely N-dealkylation sites (tertiary alicyclic amines) is 1. The van der Waals surface area contributed by atoms with Gasteiger partial charge < -0.3 is 4.90 Å². The third-order valence-corrected chi connectivity index (χ3v) is 3.88. The van der Waals surface area contributed by atoms with Crippen molar-refractivity contribution in [3.8, 4) is 0 Å². The SMILES string of the molecule is NNC(=O)CSC(=S)N1CCCCCC1. The third-order valence-electron chi connectivity index (χ3n) is 2.35. The molecule has 1 rings (SSSR count). The van der Waals surface area contributed by atoms with Gasteiger partial charge in [-0.15, -0.1) is 0 Å². The number of amides is 1. The summed E-state index contributed by atoms with van der Waals surface area (Å²) in [6.45, 7) is 2.05. The average Bonchev–Trinajstić information content (AvgIpc) is 2.53. The Kier molecular flexibility index (Phi) is 5.97. The molecule has 1 aliphatic rings. The zero-order valence-electron chi connectivity index (χ0n) is 8.70. The number of nitrogens with two attached hydrogens (primary N) is 1. The Morgan fingerprint density at radius 2 is 1.93 bits per heavy atom. The topological polar surface area (TPSA) is 58.4 Å². The molecular formula is C9H17N3OS2. The minimum Gasteiger partial charge on any atom is -0.358 e. The van der Waals surface area contributed by atoms with E-state index in [-0.39, 0.29) is 5.91 Å². The van der Waals surface area contributed by atoms with Crippen LogP contribution in [0, 0.1) is 0 Å². The van der Waals surface area contributed by atoms with Gasteiger partial charge >= 0.3 is 0 Å². The van der Waals surface area contributed by atoms with Crippen molar-refractivity contribution in [2.75, 3.05) is 18.8 Å². The number of hydrazine groups is 1. The molecule has 1 aliphatic heterocycles. The van der Waals surface area contributed by atoms with Crippen molar-refractivity contribution in [3.05, 3.63) is 0 Å². The molecule has 0 aromatic carbocycles. The van der Waals surface area contributed by atoms with Crippen LogP contribution in [-0.4, -0.2) is 34.0 Å². The van der Waals surface area contributed by atoms with Gasteiger partial charge in [0.25, 0.3) is 0 Å². The highest BCUT2D eigenvalue weighted by Gasteiger charge is 2.13. The predicted octanol–water partition coefficient (Wildman–Crippen LogP) is 0.870. The number of thiocarbonyl (C=S) groups is 1. The van der Waals surface area contributed by atoms with Crippen molar-refractivity contribution in [2.24, 2.45) is 5.84 Å². The summed E-state index contributed by atoms with van der Waals surface area (Å²) < 4.78 is 0.820. The highest BCUT2D eigenvalue weighted by Crippen LogP contribution is 2.15. The monoisotopic (exact) mass is 247 g/mol. The van der Waals surface area contributed by atoms with E-state index in [1.54, 1.807) is 0 Å². The summed E-state index contributed by atoms with van der Waals surface area (Å²) in [6.07, 6.45) is 4.97. The lowest BCUT2D eigenvalue weighted by molar-refractivity contribution is -0.118. The van der Waals surface area contributed by atoms with E-state index in [1.807, 2.05) is 0 Å². The standard InChI is InChI=1S/C9H17N3OS2/c10-11-8(13)7-15-9(14)12-5-3-1-2-4-6-12/h1-7,10H2,(H,11,13). The first-order valence-electron chi connectivity index (χ1n) is 5.15. The Morgan fingerprint density at radius 3 is 2.47 bits per heavy atom. The molecule has 0 atom stereocenters. The van der Waals surface area contributed by atoms with Crippen LogP contribution in [0.3, 0.4) is 0 Å². The normalized spacial score (nSPS) is 17.0. The molecule has 86 valence electrons. The molecule has 0 aromatic heterocycles. The molecule has 0 unspecified atom stereocenters. The molecule has 1 heterocycles. The second-order valence-electron chi connectivity index (χ2n) is 3.52. The molecule has 0 saturated carbocycles. The lowest BCUT2D eigenvalue weighted by Gasteiger charge is -2.22. The van der Waals surface area contributed by atoms with Gasteiger partial charge in [0.05, 0.1) is 5.75 Å². The maximum atomic E-state index is 10.9. The van der Waals surface area contributed by atoms with Crippen molar-refractivity contribution < 1.29 is 4.79 Å². The number of rotatable bonds is 2. The van der Waals surface area contributed by atoms with E-state index in [1.165, 1.54) is 37.4 Å². The molecule has 0 spiro atoms. The first-order chi connectivity index (χ1) is 7.24. The Bertz CT molecular complexity index is 227. The van der Waals surface area contributed by atoms with E-state index in [4.69, 9.17) is 18.1 Å². The Balaban J connectivity index is 2.28. The minimum atomic E-state index is -0.183. The molecular weight excluding hydrogens is 230 g/mol. The van der Waals surface area contributed by atoms with Crippen LogP contribution in [0.5, 0.6) is 0 Å². The molecule has 6 heteroatoms. The van der Waals surface area contributed by atoms with Gasteiger partial charge in [-0.1, -0.05) is 36.8 Å². The van der Waals surface area contributed by atoms with Crippen LogP contribution >= 0.6 is 24.0 Å². The van der Waals surface area contributed by atoms with Gasteiger partial charge in [-0.25, -0.2) is 5.84 Å². The number of carbonyl (C=O) groups is 1. The highest BCUT2D eigenvalue weighted by molar-refractivity contribution is 8.23. The van der Waals surface area contributed by atoms with Crippen molar-refractivity contribution in [3.63, 3.8) is 0 Å². The van der Waals surface area contributed by atoms with Crippen LogP contribution in [0.15, 0.2) is 0 Å². The third kappa shape index (κ3) is 4.81. The zero-order valence-corrected chi connectivity index (χ0v) is 10.3. The average molecular weight is 247 g/mol. The predicted molar refractivity (Wildman–Crippen MR) is 67.4 cm³/mol. The highest BCUT2D eigenvalue weighted by atomic mass is 32.2. The fraction of sp³-hybridized carbons (Fsp3) is 0.778. The van der Waals surface area contributed by atoms with Crippen LogP contribution in [0.1, 0.15) is 25.7 Å². The second-order valence-corrected chi connectivity index (χ2v) is 5.13. The molecule has 4 nitrogen and oxygen atoms in total. The number of hydrogen-bond donors (Lipinski definition) is 2. The van der Waals surface area contributed by atoms with Crippen LogP contribution < -0.4 is 11.3 Å². The molecule has 1 saturated heterocycles. The molecule has 1 fully saturated rings. The Hall–Kier alpha value is -0.330. The van der Waals surface area contributed by atoms with E-state index < -0.39 is 0 Å². The Labute approximate surface area is 99.9 Å². The lowest BCUT2D eigenvalue weighted by Crippen LogP contribution is -2.34. The van der Waals surface area contributed by atoms with Gasteiger partial charge in [0.15, 0.2) is 0 Å². The van der Waals surface area contributed by atoms with Crippen LogP contribution in [-0.2, 0) is 4.79 Å². The molecule has 0 aromatic rings. The Morgan fingerprint density at radius 1 is 1.33 bits per heavy atom. The van der Waals surface area contributed by atoms with Gasteiger partial charge in [-0.05, 0) is 12.8 Å². The maximum absolute atomic E-state index is 10.9. The summed E-state index contributed by atoms with van der Waals surface area (Å²) in [6, 6.07) is 0. The molecule has 15 heavy (non-hydrogen) atoms. The first kappa shape index (κ1) is 12.7. The minimum absolute atomic E-state index is 0.183. The van der Waals surface area contributed by atoms with Gasteiger partial charge in [-0.3, -0.25) is 10.2 Å². The van der Waals surface area contributed by atoms with Crippen molar-refractivity contribution in [1.82, 2.24) is 10.3 Å². The smallest absolute Gasteiger partial charge is 0.244 e. The fourth-order valence-electron chi connectivity index (χ4n) is 1.51. The summed E-state index contributed by atoms with van der Waals surface area (Å²) in [5.41, 5.74) is 2.10. The molecule has 0 bridgehead atoms. The summed E-state index contributed by atoms with van der Waals surface area (Å²) in [7, 11) is 0. The number of nitrogens with zero attached hydrogens (tertiary/aromatic N) is 1. The number of carbonyl (C=O) groups excluding carboxylic acids is 1. The second kappa shape index (κ2) is 7.03. The van der Waals surface area contributed by atoms with Crippen LogP contribution in [0.2, 0.25) is 0 Å². The van der Waals surface area contributed by atoms with E-state index in [0.717, 1.165) is 17.4 Å². The van der Waals surface area contributed by atoms with Gasteiger partial charge in [0.2, 0.25) is 5.91 Å². The van der Waals surface area contributed by atoms with Crippen LogP contribution in [0.4, 0.5) is 0 Å². The number of thioether (sulfide) groups is 1. The van der Waals surface area contributed by atoms with Crippen molar-refractivity contribution in [1.29, 1.82) is 0 Å². The van der Waals surface area contributed by atoms with Crippen LogP contribution in [0.25, 0.3) is 0 Å². The van der Waals surface area contributed by atoms with E-state index in [9.17, 15) is 4.79 Å². The summed E-state index contributed by atoms with van der Waals surface area (Å²) in [5, 5.41) is 0. The van der Waals surface area contributed by atoms with Gasteiger partial charge in [0, 0.05) is 13.1 Å². The summed E-state index contributed by atoms with van der Waals surface area (Å²) in [5.74, 6) is 5.12. The van der Waals surface area contributed by atoms with Gasteiger partial charge in [-0.2, -0.15) is 0 Å². The number of nitrogens with one attached hydrogen (secondary N) is 1. The molecule has 3 N–H and O–H groups in total. The zero-order chi connectivity index (χ0) is 11.1. The molecule has 0 aliphatic carbocycles. The molecule has 1 amide bonds. The maximum Gasteiger partial charge on any atom is 0.244 e. The van der Waals surface area contributed by atoms with Gasteiger partial charge in [0.1, 0.15) is 4.32 Å².